The SMILES string of the molecule is CC.CC.CCN1CCn2cccc2C1=O. The van der Waals surface area contributed by atoms with Gasteiger partial charge in [-0.15, -0.1) is 0 Å². The Bertz CT molecular complexity index is 305. The number of aromatic nitrogens is 1. The molecule has 2 rings (SSSR count). The van der Waals surface area contributed by atoms with Crippen LogP contribution in [0.15, 0.2) is 18.3 Å². The van der Waals surface area contributed by atoms with Crippen LogP contribution in [0.5, 0.6) is 0 Å². The molecule has 0 unspecified atom stereocenters. The molecular formula is C13H24N2O. The van der Waals surface area contributed by atoms with Gasteiger partial charge in [-0.3, -0.25) is 4.79 Å². The number of hydrogen-bond donors (Lipinski definition) is 0. The van der Waals surface area contributed by atoms with Gasteiger partial charge in [0.2, 0.25) is 0 Å². The Hall–Kier alpha value is -1.25. The highest BCUT2D eigenvalue weighted by molar-refractivity contribution is 5.93. The lowest BCUT2D eigenvalue weighted by Gasteiger charge is -2.26. The van der Waals surface area contributed by atoms with Crippen molar-refractivity contribution in [3.63, 3.8) is 0 Å². The quantitative estimate of drug-likeness (QED) is 0.720. The summed E-state index contributed by atoms with van der Waals surface area (Å²) in [5.74, 6) is 0.161. The molecule has 1 aromatic rings. The van der Waals surface area contributed by atoms with Crippen LogP contribution in [0, 0.1) is 0 Å². The van der Waals surface area contributed by atoms with E-state index < -0.39 is 0 Å². The molecule has 1 aliphatic rings. The first-order valence-electron chi connectivity index (χ1n) is 6.27. The summed E-state index contributed by atoms with van der Waals surface area (Å²) in [6, 6.07) is 3.80. The fourth-order valence-electron chi connectivity index (χ4n) is 1.60. The van der Waals surface area contributed by atoms with E-state index in [2.05, 4.69) is 0 Å². The predicted octanol–water partition coefficient (Wildman–Crippen LogP) is 3.02. The molecule has 0 atom stereocenters. The summed E-state index contributed by atoms with van der Waals surface area (Å²) < 4.78 is 2.01. The average Bonchev–Trinajstić information content (AvgIpc) is 2.84. The van der Waals surface area contributed by atoms with E-state index in [0.717, 1.165) is 25.3 Å². The number of carbonyl (C=O) groups excluding carboxylic acids is 1. The molecule has 92 valence electrons. The van der Waals surface area contributed by atoms with Crippen LogP contribution in [0.2, 0.25) is 0 Å². The standard InChI is InChI=1S/C9H12N2O.2C2H6/c1-2-10-6-7-11-5-3-4-8(11)9(10)12;2*1-2/h3-5H,2,6-7H2,1H3;2*1-2H3. The predicted molar refractivity (Wildman–Crippen MR) is 68.7 cm³/mol. The minimum Gasteiger partial charge on any atom is -0.342 e. The third-order valence-corrected chi connectivity index (χ3v) is 2.33. The minimum atomic E-state index is 0.161. The first-order chi connectivity index (χ1) is 7.83. The number of carbonyl (C=O) groups is 1. The van der Waals surface area contributed by atoms with Crippen LogP contribution in [-0.2, 0) is 6.54 Å². The van der Waals surface area contributed by atoms with Gasteiger partial charge in [-0.25, -0.2) is 0 Å². The molecule has 1 aliphatic heterocycles. The lowest BCUT2D eigenvalue weighted by atomic mass is 10.3. The largest absolute Gasteiger partial charge is 0.342 e. The fraction of sp³-hybridized carbons (Fsp3) is 0.615. The van der Waals surface area contributed by atoms with Gasteiger partial charge in [-0.05, 0) is 19.1 Å². The maximum Gasteiger partial charge on any atom is 0.270 e. The van der Waals surface area contributed by atoms with Crippen molar-refractivity contribution in [2.24, 2.45) is 0 Å². The van der Waals surface area contributed by atoms with Gasteiger partial charge >= 0.3 is 0 Å². The summed E-state index contributed by atoms with van der Waals surface area (Å²) in [6.45, 7) is 12.6. The van der Waals surface area contributed by atoms with Crippen molar-refractivity contribution in [1.82, 2.24) is 9.47 Å². The molecule has 1 amide bonds. The van der Waals surface area contributed by atoms with Crippen LogP contribution in [0.4, 0.5) is 0 Å². The molecule has 0 radical (unpaired) electrons. The first kappa shape index (κ1) is 14.8. The lowest BCUT2D eigenvalue weighted by molar-refractivity contribution is 0.0715. The van der Waals surface area contributed by atoms with E-state index in [0.29, 0.717) is 0 Å². The van der Waals surface area contributed by atoms with Gasteiger partial charge in [0, 0.05) is 25.8 Å². The second kappa shape index (κ2) is 7.97. The van der Waals surface area contributed by atoms with E-state index in [-0.39, 0.29) is 5.91 Å². The molecule has 0 N–H and O–H groups in total. The Kier molecular flexibility index (Phi) is 7.34. The fourth-order valence-corrected chi connectivity index (χ4v) is 1.60. The van der Waals surface area contributed by atoms with Crippen molar-refractivity contribution in [2.75, 3.05) is 13.1 Å². The molecule has 1 aromatic heterocycles. The monoisotopic (exact) mass is 224 g/mol. The minimum absolute atomic E-state index is 0.161. The van der Waals surface area contributed by atoms with Crippen LogP contribution in [0.3, 0.4) is 0 Å². The summed E-state index contributed by atoms with van der Waals surface area (Å²) in [4.78, 5) is 13.5. The second-order valence-electron chi connectivity index (χ2n) is 2.97. The number of fused-ring (bicyclic) bond motifs is 1. The van der Waals surface area contributed by atoms with E-state index in [9.17, 15) is 4.79 Å². The Balaban J connectivity index is 0.000000509. The molecule has 0 spiro atoms. The van der Waals surface area contributed by atoms with Crippen LogP contribution in [-0.4, -0.2) is 28.5 Å². The van der Waals surface area contributed by atoms with Crippen LogP contribution >= 0.6 is 0 Å². The third kappa shape index (κ3) is 3.12. The van der Waals surface area contributed by atoms with Crippen LogP contribution in [0.1, 0.15) is 45.1 Å². The molecule has 3 nitrogen and oxygen atoms in total. The van der Waals surface area contributed by atoms with Gasteiger partial charge in [-0.1, -0.05) is 27.7 Å². The molecule has 0 saturated heterocycles. The van der Waals surface area contributed by atoms with Crippen molar-refractivity contribution in [2.45, 2.75) is 41.2 Å². The smallest absolute Gasteiger partial charge is 0.270 e. The molecule has 0 saturated carbocycles. The highest BCUT2D eigenvalue weighted by Crippen LogP contribution is 2.11. The van der Waals surface area contributed by atoms with Crippen molar-refractivity contribution in [3.05, 3.63) is 24.0 Å². The Morgan fingerprint density at radius 1 is 1.19 bits per heavy atom. The molecule has 16 heavy (non-hydrogen) atoms. The summed E-state index contributed by atoms with van der Waals surface area (Å²) in [6.07, 6.45) is 1.96. The summed E-state index contributed by atoms with van der Waals surface area (Å²) in [7, 11) is 0. The number of rotatable bonds is 1. The third-order valence-electron chi connectivity index (χ3n) is 2.33. The first-order valence-corrected chi connectivity index (χ1v) is 6.27. The molecule has 2 heterocycles. The Labute approximate surface area is 99.1 Å². The number of likely N-dealkylation sites (N-methyl/N-ethyl adjacent to an activating group) is 1. The highest BCUT2D eigenvalue weighted by Gasteiger charge is 2.21. The zero-order chi connectivity index (χ0) is 12.6. The normalized spacial score (nSPS) is 13.1. The van der Waals surface area contributed by atoms with E-state index in [4.69, 9.17) is 0 Å². The van der Waals surface area contributed by atoms with Crippen LogP contribution < -0.4 is 0 Å². The van der Waals surface area contributed by atoms with Gasteiger partial charge in [0.05, 0.1) is 0 Å². The van der Waals surface area contributed by atoms with E-state index in [1.54, 1.807) is 0 Å². The molecule has 0 aromatic carbocycles. The molecular weight excluding hydrogens is 200 g/mol. The maximum atomic E-state index is 11.6. The molecule has 3 heteroatoms. The van der Waals surface area contributed by atoms with Gasteiger partial charge < -0.3 is 9.47 Å². The molecule has 0 aliphatic carbocycles. The van der Waals surface area contributed by atoms with Crippen molar-refractivity contribution in [3.8, 4) is 0 Å². The van der Waals surface area contributed by atoms with Crippen LogP contribution in [0.25, 0.3) is 0 Å². The molecule has 0 bridgehead atoms. The Morgan fingerprint density at radius 3 is 2.38 bits per heavy atom. The summed E-state index contributed by atoms with van der Waals surface area (Å²) in [5, 5.41) is 0. The van der Waals surface area contributed by atoms with Gasteiger partial charge in [0.25, 0.3) is 5.91 Å². The second-order valence-corrected chi connectivity index (χ2v) is 2.97. The van der Waals surface area contributed by atoms with Gasteiger partial charge in [-0.2, -0.15) is 0 Å². The number of amides is 1. The van der Waals surface area contributed by atoms with Crippen molar-refractivity contribution in [1.29, 1.82) is 0 Å². The topological polar surface area (TPSA) is 25.2 Å². The van der Waals surface area contributed by atoms with Crippen molar-refractivity contribution >= 4 is 5.91 Å². The number of hydrogen-bond acceptors (Lipinski definition) is 1. The van der Waals surface area contributed by atoms with Crippen molar-refractivity contribution < 1.29 is 4.79 Å². The molecule has 0 fully saturated rings. The zero-order valence-electron chi connectivity index (χ0n) is 11.2. The maximum absolute atomic E-state index is 11.6. The highest BCUT2D eigenvalue weighted by atomic mass is 16.2. The van der Waals surface area contributed by atoms with Gasteiger partial charge in [0.1, 0.15) is 5.69 Å². The van der Waals surface area contributed by atoms with Gasteiger partial charge in [0.15, 0.2) is 0 Å². The zero-order valence-corrected chi connectivity index (χ0v) is 11.2. The Morgan fingerprint density at radius 2 is 1.81 bits per heavy atom. The van der Waals surface area contributed by atoms with E-state index in [1.807, 2.05) is 62.4 Å². The van der Waals surface area contributed by atoms with E-state index in [1.165, 1.54) is 0 Å². The average molecular weight is 224 g/mol. The lowest BCUT2D eigenvalue weighted by Crippen LogP contribution is -2.39. The number of nitrogens with zero attached hydrogens (tertiary/aromatic N) is 2. The van der Waals surface area contributed by atoms with E-state index >= 15 is 0 Å². The summed E-state index contributed by atoms with van der Waals surface area (Å²) in [5.41, 5.74) is 0.822. The summed E-state index contributed by atoms with van der Waals surface area (Å²) >= 11 is 0.